The lowest BCUT2D eigenvalue weighted by Gasteiger charge is -2.07. The molecule has 130 valence electrons. The van der Waals surface area contributed by atoms with Gasteiger partial charge in [0.1, 0.15) is 0 Å². The zero-order chi connectivity index (χ0) is 17.5. The lowest BCUT2D eigenvalue weighted by molar-refractivity contribution is -0.118. The summed E-state index contributed by atoms with van der Waals surface area (Å²) in [4.78, 5) is 11.7. The quantitative estimate of drug-likeness (QED) is 0.685. The molecule has 0 saturated heterocycles. The van der Waals surface area contributed by atoms with E-state index in [1.165, 1.54) is 28.7 Å². The summed E-state index contributed by atoms with van der Waals surface area (Å²) in [5.41, 5.74) is 2.29. The highest BCUT2D eigenvalue weighted by atomic mass is 32.2. The fourth-order valence-corrected chi connectivity index (χ4v) is 3.49. The molecule has 1 amide bonds. The highest BCUT2D eigenvalue weighted by molar-refractivity contribution is 8.01. The number of anilines is 2. The fraction of sp³-hybridized carbons (Fsp3) is 0.471. The van der Waals surface area contributed by atoms with Gasteiger partial charge in [-0.1, -0.05) is 62.9 Å². The second-order valence-corrected chi connectivity index (χ2v) is 8.46. The van der Waals surface area contributed by atoms with Crippen molar-refractivity contribution in [3.8, 4) is 0 Å². The molecule has 2 N–H and O–H groups in total. The molecule has 1 heterocycles. The smallest absolute Gasteiger partial charge is 0.230 e. The number of nitrogens with zero attached hydrogens (tertiary/aromatic N) is 2. The first-order valence-electron chi connectivity index (χ1n) is 8.04. The van der Waals surface area contributed by atoms with Gasteiger partial charge in [0.2, 0.25) is 11.0 Å². The lowest BCUT2D eigenvalue weighted by Crippen LogP contribution is -2.28. The van der Waals surface area contributed by atoms with E-state index in [1.807, 2.05) is 12.1 Å². The van der Waals surface area contributed by atoms with Crippen molar-refractivity contribution in [2.24, 2.45) is 5.92 Å². The van der Waals surface area contributed by atoms with E-state index in [-0.39, 0.29) is 5.91 Å². The summed E-state index contributed by atoms with van der Waals surface area (Å²) in [5.74, 6) is 1.37. The summed E-state index contributed by atoms with van der Waals surface area (Å²) in [6.45, 7) is 9.20. The Hall–Kier alpha value is -1.60. The zero-order valence-corrected chi connectivity index (χ0v) is 16.1. The lowest BCUT2D eigenvalue weighted by atomic mass is 10.0. The number of hydrogen-bond acceptors (Lipinski definition) is 6. The van der Waals surface area contributed by atoms with Crippen LogP contribution in [0.2, 0.25) is 0 Å². The predicted molar refractivity (Wildman–Crippen MR) is 102 cm³/mol. The van der Waals surface area contributed by atoms with Gasteiger partial charge in [0.05, 0.1) is 5.75 Å². The summed E-state index contributed by atoms with van der Waals surface area (Å²) in [6, 6.07) is 8.32. The van der Waals surface area contributed by atoms with Crippen LogP contribution in [0, 0.1) is 5.92 Å². The molecule has 1 aromatic carbocycles. The van der Waals surface area contributed by atoms with E-state index in [0.717, 1.165) is 15.2 Å². The Morgan fingerprint density at radius 1 is 1.17 bits per heavy atom. The molecule has 2 aromatic rings. The average Bonchev–Trinajstić information content (AvgIpc) is 2.99. The van der Waals surface area contributed by atoms with Gasteiger partial charge in [-0.25, -0.2) is 0 Å². The molecule has 24 heavy (non-hydrogen) atoms. The molecule has 0 bridgehead atoms. The summed E-state index contributed by atoms with van der Waals surface area (Å²) in [5, 5.41) is 15.1. The Morgan fingerprint density at radius 2 is 1.88 bits per heavy atom. The number of thioether (sulfide) groups is 1. The van der Waals surface area contributed by atoms with Gasteiger partial charge in [-0.15, -0.1) is 10.2 Å². The number of nitrogens with one attached hydrogen (secondary N) is 2. The standard InChI is InChI=1S/C17H24N4OS2/c1-11(2)9-18-15(22)10-23-17-21-20-16(24-17)19-14-7-5-13(6-8-14)12(3)4/h5-8,11-12H,9-10H2,1-4H3,(H,18,22)(H,19,20). The molecule has 0 radical (unpaired) electrons. The number of benzene rings is 1. The molecule has 0 atom stereocenters. The normalized spacial score (nSPS) is 11.1. The van der Waals surface area contributed by atoms with Crippen LogP contribution in [0.5, 0.6) is 0 Å². The first-order valence-corrected chi connectivity index (χ1v) is 9.84. The molecule has 0 aliphatic heterocycles. The summed E-state index contributed by atoms with van der Waals surface area (Å²) < 4.78 is 0.788. The van der Waals surface area contributed by atoms with Gasteiger partial charge in [0, 0.05) is 12.2 Å². The molecular weight excluding hydrogens is 340 g/mol. The summed E-state index contributed by atoms with van der Waals surface area (Å²) in [6.07, 6.45) is 0. The van der Waals surface area contributed by atoms with Crippen LogP contribution in [-0.4, -0.2) is 28.4 Å². The van der Waals surface area contributed by atoms with Crippen LogP contribution in [0.4, 0.5) is 10.8 Å². The second kappa shape index (κ2) is 9.03. The molecule has 0 fully saturated rings. The van der Waals surface area contributed by atoms with Crippen LogP contribution in [0.3, 0.4) is 0 Å². The van der Waals surface area contributed by atoms with Gasteiger partial charge in [0.25, 0.3) is 0 Å². The van der Waals surface area contributed by atoms with Crippen molar-refractivity contribution in [1.82, 2.24) is 15.5 Å². The van der Waals surface area contributed by atoms with E-state index in [2.05, 4.69) is 60.7 Å². The molecule has 2 rings (SSSR count). The number of carbonyl (C=O) groups is 1. The van der Waals surface area contributed by atoms with E-state index in [9.17, 15) is 4.79 Å². The highest BCUT2D eigenvalue weighted by Gasteiger charge is 2.09. The number of amides is 1. The Bertz CT molecular complexity index is 653. The van der Waals surface area contributed by atoms with Crippen molar-refractivity contribution in [1.29, 1.82) is 0 Å². The van der Waals surface area contributed by atoms with Crippen molar-refractivity contribution in [3.05, 3.63) is 29.8 Å². The third kappa shape index (κ3) is 6.13. The first kappa shape index (κ1) is 18.7. The maximum Gasteiger partial charge on any atom is 0.230 e. The largest absolute Gasteiger partial charge is 0.355 e. The van der Waals surface area contributed by atoms with Gasteiger partial charge >= 0.3 is 0 Å². The topological polar surface area (TPSA) is 66.9 Å². The van der Waals surface area contributed by atoms with E-state index in [0.29, 0.717) is 24.1 Å². The minimum Gasteiger partial charge on any atom is -0.355 e. The van der Waals surface area contributed by atoms with E-state index >= 15 is 0 Å². The zero-order valence-electron chi connectivity index (χ0n) is 14.5. The minimum absolute atomic E-state index is 0.0303. The van der Waals surface area contributed by atoms with E-state index in [4.69, 9.17) is 0 Å². The maximum atomic E-state index is 11.7. The van der Waals surface area contributed by atoms with Crippen LogP contribution in [0.25, 0.3) is 0 Å². The van der Waals surface area contributed by atoms with Crippen molar-refractivity contribution < 1.29 is 4.79 Å². The van der Waals surface area contributed by atoms with Crippen LogP contribution in [0.1, 0.15) is 39.2 Å². The molecule has 7 heteroatoms. The fourth-order valence-electron chi connectivity index (χ4n) is 1.89. The first-order chi connectivity index (χ1) is 11.4. The van der Waals surface area contributed by atoms with Crippen molar-refractivity contribution in [2.75, 3.05) is 17.6 Å². The molecule has 0 saturated carbocycles. The monoisotopic (exact) mass is 364 g/mol. The number of hydrogen-bond donors (Lipinski definition) is 2. The Kier molecular flexibility index (Phi) is 7.05. The predicted octanol–water partition coefficient (Wildman–Crippen LogP) is 4.27. The third-order valence-electron chi connectivity index (χ3n) is 3.27. The molecule has 0 aliphatic carbocycles. The molecule has 0 unspecified atom stereocenters. The molecule has 0 spiro atoms. The van der Waals surface area contributed by atoms with Gasteiger partial charge < -0.3 is 10.6 Å². The van der Waals surface area contributed by atoms with Crippen LogP contribution in [-0.2, 0) is 4.79 Å². The van der Waals surface area contributed by atoms with Crippen molar-refractivity contribution >= 4 is 39.8 Å². The second-order valence-electron chi connectivity index (χ2n) is 6.26. The van der Waals surface area contributed by atoms with Gasteiger partial charge in [0.15, 0.2) is 4.34 Å². The molecular formula is C17H24N4OS2. The number of rotatable bonds is 8. The average molecular weight is 365 g/mol. The van der Waals surface area contributed by atoms with Crippen molar-refractivity contribution in [2.45, 2.75) is 38.0 Å². The van der Waals surface area contributed by atoms with Gasteiger partial charge in [-0.3, -0.25) is 4.79 Å². The van der Waals surface area contributed by atoms with Crippen LogP contribution < -0.4 is 10.6 Å². The summed E-state index contributed by atoms with van der Waals surface area (Å²) in [7, 11) is 0. The van der Waals surface area contributed by atoms with Crippen LogP contribution >= 0.6 is 23.1 Å². The maximum absolute atomic E-state index is 11.7. The van der Waals surface area contributed by atoms with Crippen molar-refractivity contribution in [3.63, 3.8) is 0 Å². The van der Waals surface area contributed by atoms with E-state index in [1.54, 1.807) is 0 Å². The number of carbonyl (C=O) groups excluding carboxylic acids is 1. The van der Waals surface area contributed by atoms with E-state index < -0.39 is 0 Å². The SMILES string of the molecule is CC(C)CNC(=O)CSc1nnc(Nc2ccc(C(C)C)cc2)s1. The Morgan fingerprint density at radius 3 is 2.50 bits per heavy atom. The molecule has 0 aliphatic rings. The third-order valence-corrected chi connectivity index (χ3v) is 5.24. The Balaban J connectivity index is 1.83. The van der Waals surface area contributed by atoms with Crippen LogP contribution in [0.15, 0.2) is 28.6 Å². The highest BCUT2D eigenvalue weighted by Crippen LogP contribution is 2.28. The molecule has 5 nitrogen and oxygen atoms in total. The minimum atomic E-state index is 0.0303. The molecule has 1 aromatic heterocycles. The number of aromatic nitrogens is 2. The Labute approximate surface area is 151 Å². The van der Waals surface area contributed by atoms with Gasteiger partial charge in [-0.2, -0.15) is 0 Å². The summed E-state index contributed by atoms with van der Waals surface area (Å²) >= 11 is 2.87. The van der Waals surface area contributed by atoms with Gasteiger partial charge in [-0.05, 0) is 29.5 Å².